The standard InChI is InChI=1S/C9H8BrNO4/c1-15-9(14)6-3-2-5(8(12)13)7(4-10)11-6/h2-3H,4H2,1H3,(H,12,13). The molecular weight excluding hydrogens is 266 g/mol. The summed E-state index contributed by atoms with van der Waals surface area (Å²) in [6.45, 7) is 0. The van der Waals surface area contributed by atoms with Gasteiger partial charge in [0.25, 0.3) is 0 Å². The molecule has 0 saturated carbocycles. The lowest BCUT2D eigenvalue weighted by molar-refractivity contribution is 0.0591. The second-order valence-corrected chi connectivity index (χ2v) is 3.18. The Morgan fingerprint density at radius 1 is 1.53 bits per heavy atom. The third-order valence-corrected chi connectivity index (χ3v) is 2.26. The first kappa shape index (κ1) is 11.6. The molecule has 1 N–H and O–H groups in total. The van der Waals surface area contributed by atoms with Crippen LogP contribution in [-0.2, 0) is 10.1 Å². The molecule has 5 nitrogen and oxygen atoms in total. The summed E-state index contributed by atoms with van der Waals surface area (Å²) in [5.41, 5.74) is 0.460. The Balaban J connectivity index is 3.19. The van der Waals surface area contributed by atoms with Crippen molar-refractivity contribution in [2.75, 3.05) is 7.11 Å². The first-order chi connectivity index (χ1) is 7.10. The minimum atomic E-state index is -1.08. The average Bonchev–Trinajstić information content (AvgIpc) is 2.26. The van der Waals surface area contributed by atoms with Crippen molar-refractivity contribution in [1.29, 1.82) is 0 Å². The molecular formula is C9H8BrNO4. The van der Waals surface area contributed by atoms with E-state index in [2.05, 4.69) is 25.7 Å². The van der Waals surface area contributed by atoms with Crippen LogP contribution in [0.5, 0.6) is 0 Å². The SMILES string of the molecule is COC(=O)c1ccc(C(=O)O)c(CBr)n1. The molecule has 1 heterocycles. The van der Waals surface area contributed by atoms with Gasteiger partial charge in [0.2, 0.25) is 0 Å². The predicted octanol–water partition coefficient (Wildman–Crippen LogP) is 1.46. The van der Waals surface area contributed by atoms with Gasteiger partial charge < -0.3 is 9.84 Å². The van der Waals surface area contributed by atoms with E-state index in [9.17, 15) is 9.59 Å². The smallest absolute Gasteiger partial charge is 0.356 e. The van der Waals surface area contributed by atoms with Gasteiger partial charge in [0.1, 0.15) is 5.69 Å². The predicted molar refractivity (Wildman–Crippen MR) is 55.2 cm³/mol. The van der Waals surface area contributed by atoms with Crippen LogP contribution < -0.4 is 0 Å². The van der Waals surface area contributed by atoms with Crippen LogP contribution in [0.1, 0.15) is 26.5 Å². The summed E-state index contributed by atoms with van der Waals surface area (Å²) in [5.74, 6) is -1.66. The van der Waals surface area contributed by atoms with Crippen molar-refractivity contribution in [3.63, 3.8) is 0 Å². The highest BCUT2D eigenvalue weighted by molar-refractivity contribution is 9.08. The lowest BCUT2D eigenvalue weighted by atomic mass is 10.2. The van der Waals surface area contributed by atoms with E-state index in [0.717, 1.165) is 0 Å². The van der Waals surface area contributed by atoms with E-state index in [4.69, 9.17) is 5.11 Å². The molecule has 1 aromatic heterocycles. The maximum absolute atomic E-state index is 11.1. The zero-order valence-corrected chi connectivity index (χ0v) is 9.44. The summed E-state index contributed by atoms with van der Waals surface area (Å²) in [6.07, 6.45) is 0. The summed E-state index contributed by atoms with van der Waals surface area (Å²) in [7, 11) is 1.24. The van der Waals surface area contributed by atoms with Crippen molar-refractivity contribution < 1.29 is 19.4 Å². The van der Waals surface area contributed by atoms with Gasteiger partial charge in [-0.3, -0.25) is 0 Å². The monoisotopic (exact) mass is 273 g/mol. The van der Waals surface area contributed by atoms with Gasteiger partial charge in [-0.25, -0.2) is 14.6 Å². The highest BCUT2D eigenvalue weighted by Crippen LogP contribution is 2.12. The number of hydrogen-bond donors (Lipinski definition) is 1. The minimum Gasteiger partial charge on any atom is -0.478 e. The van der Waals surface area contributed by atoms with Crippen LogP contribution in [0.3, 0.4) is 0 Å². The fourth-order valence-electron chi connectivity index (χ4n) is 1.02. The number of alkyl halides is 1. The summed E-state index contributed by atoms with van der Waals surface area (Å²) in [5, 5.41) is 9.07. The van der Waals surface area contributed by atoms with Crippen LogP contribution >= 0.6 is 15.9 Å². The third kappa shape index (κ3) is 2.53. The third-order valence-electron chi connectivity index (χ3n) is 1.73. The molecule has 0 atom stereocenters. The normalized spacial score (nSPS) is 9.73. The molecule has 0 spiro atoms. The van der Waals surface area contributed by atoms with Crippen LogP contribution in [0.2, 0.25) is 0 Å². The van der Waals surface area contributed by atoms with E-state index in [1.807, 2.05) is 0 Å². The van der Waals surface area contributed by atoms with Crippen molar-refractivity contribution in [3.8, 4) is 0 Å². The van der Waals surface area contributed by atoms with Crippen molar-refractivity contribution in [1.82, 2.24) is 4.98 Å². The Labute approximate surface area is 94.2 Å². The van der Waals surface area contributed by atoms with E-state index in [0.29, 0.717) is 5.69 Å². The number of carbonyl (C=O) groups excluding carboxylic acids is 1. The van der Waals surface area contributed by atoms with Crippen molar-refractivity contribution >= 4 is 27.9 Å². The number of aromatic nitrogens is 1. The van der Waals surface area contributed by atoms with Crippen LogP contribution in [0.25, 0.3) is 0 Å². The second kappa shape index (κ2) is 4.88. The number of esters is 1. The number of rotatable bonds is 3. The number of carbonyl (C=O) groups is 2. The quantitative estimate of drug-likeness (QED) is 0.667. The van der Waals surface area contributed by atoms with E-state index < -0.39 is 11.9 Å². The first-order valence-electron chi connectivity index (χ1n) is 3.97. The number of carboxylic acid groups (broad SMARTS) is 1. The first-order valence-corrected chi connectivity index (χ1v) is 5.09. The van der Waals surface area contributed by atoms with E-state index in [1.54, 1.807) is 0 Å². The lowest BCUT2D eigenvalue weighted by Gasteiger charge is -2.04. The topological polar surface area (TPSA) is 76.5 Å². The molecule has 0 saturated heterocycles. The number of carboxylic acids is 1. The number of ether oxygens (including phenoxy) is 1. The van der Waals surface area contributed by atoms with Gasteiger partial charge in [0.15, 0.2) is 0 Å². The molecule has 0 unspecified atom stereocenters. The fourth-order valence-corrected chi connectivity index (χ4v) is 1.44. The Bertz CT molecular complexity index is 405. The maximum atomic E-state index is 11.1. The van der Waals surface area contributed by atoms with Crippen LogP contribution in [-0.4, -0.2) is 29.1 Å². The summed E-state index contributed by atoms with van der Waals surface area (Å²) in [6, 6.07) is 2.65. The molecule has 0 fully saturated rings. The van der Waals surface area contributed by atoms with Crippen molar-refractivity contribution in [2.45, 2.75) is 5.33 Å². The Morgan fingerprint density at radius 2 is 2.20 bits per heavy atom. The van der Waals surface area contributed by atoms with Gasteiger partial charge in [0, 0.05) is 5.33 Å². The number of methoxy groups -OCH3 is 1. The van der Waals surface area contributed by atoms with Gasteiger partial charge in [-0.05, 0) is 12.1 Å². The average molecular weight is 274 g/mol. The van der Waals surface area contributed by atoms with Crippen molar-refractivity contribution in [2.24, 2.45) is 0 Å². The number of pyridine rings is 1. The largest absolute Gasteiger partial charge is 0.478 e. The summed E-state index contributed by atoms with van der Waals surface area (Å²) >= 11 is 3.10. The van der Waals surface area contributed by atoms with Crippen molar-refractivity contribution in [3.05, 3.63) is 29.1 Å². The van der Waals surface area contributed by atoms with E-state index >= 15 is 0 Å². The molecule has 1 rings (SSSR count). The van der Waals surface area contributed by atoms with Crippen LogP contribution in [0, 0.1) is 0 Å². The second-order valence-electron chi connectivity index (χ2n) is 2.62. The molecule has 1 aromatic rings. The Hall–Kier alpha value is -1.43. The molecule has 0 aliphatic heterocycles. The van der Waals surface area contributed by atoms with Gasteiger partial charge in [-0.1, -0.05) is 15.9 Å². The molecule has 80 valence electrons. The molecule has 0 radical (unpaired) electrons. The van der Waals surface area contributed by atoms with Gasteiger partial charge in [0.05, 0.1) is 18.4 Å². The van der Waals surface area contributed by atoms with Gasteiger partial charge in [-0.2, -0.15) is 0 Å². The molecule has 15 heavy (non-hydrogen) atoms. The Morgan fingerprint density at radius 3 is 2.67 bits per heavy atom. The maximum Gasteiger partial charge on any atom is 0.356 e. The summed E-state index contributed by atoms with van der Waals surface area (Å²) in [4.78, 5) is 25.8. The summed E-state index contributed by atoms with van der Waals surface area (Å²) < 4.78 is 4.47. The number of aromatic carboxylic acids is 1. The van der Waals surface area contributed by atoms with E-state index in [-0.39, 0.29) is 16.6 Å². The van der Waals surface area contributed by atoms with Gasteiger partial charge >= 0.3 is 11.9 Å². The van der Waals surface area contributed by atoms with Gasteiger partial charge in [-0.15, -0.1) is 0 Å². The number of halogens is 1. The highest BCUT2D eigenvalue weighted by atomic mass is 79.9. The molecule has 0 aliphatic carbocycles. The Kier molecular flexibility index (Phi) is 3.79. The number of hydrogen-bond acceptors (Lipinski definition) is 4. The molecule has 0 amide bonds. The number of nitrogens with zero attached hydrogens (tertiary/aromatic N) is 1. The highest BCUT2D eigenvalue weighted by Gasteiger charge is 2.14. The molecule has 0 aliphatic rings. The molecule has 0 aromatic carbocycles. The molecule has 6 heteroatoms. The van der Waals surface area contributed by atoms with Crippen LogP contribution in [0.4, 0.5) is 0 Å². The van der Waals surface area contributed by atoms with E-state index in [1.165, 1.54) is 19.2 Å². The lowest BCUT2D eigenvalue weighted by Crippen LogP contribution is -2.10. The fraction of sp³-hybridized carbons (Fsp3) is 0.222. The molecule has 0 bridgehead atoms. The van der Waals surface area contributed by atoms with Crippen LogP contribution in [0.15, 0.2) is 12.1 Å². The zero-order valence-electron chi connectivity index (χ0n) is 7.86. The minimum absolute atomic E-state index is 0.0690. The zero-order chi connectivity index (χ0) is 11.4.